The van der Waals surface area contributed by atoms with E-state index in [9.17, 15) is 4.79 Å². The monoisotopic (exact) mass is 304 g/mol. The van der Waals surface area contributed by atoms with Crippen molar-refractivity contribution >= 4 is 29.8 Å². The first kappa shape index (κ1) is 23.2. The van der Waals surface area contributed by atoms with Crippen molar-refractivity contribution in [1.29, 1.82) is 0 Å². The molecule has 6 heteroatoms. The van der Waals surface area contributed by atoms with Gasteiger partial charge < -0.3 is 14.1 Å². The summed E-state index contributed by atoms with van der Waals surface area (Å²) in [6, 6.07) is 0. The SMILES string of the molecule is C[C@H](O)C[N+](C)(C)C.C[N+](C)(C)CC(=O)CCl.Cl. The summed E-state index contributed by atoms with van der Waals surface area (Å²) in [6.45, 7) is 3.15. The van der Waals surface area contributed by atoms with Gasteiger partial charge in [0.1, 0.15) is 19.2 Å². The summed E-state index contributed by atoms with van der Waals surface area (Å²) in [5, 5.41) is 8.87. The number of halogens is 2. The van der Waals surface area contributed by atoms with Crippen LogP contribution in [0.2, 0.25) is 0 Å². The van der Waals surface area contributed by atoms with E-state index < -0.39 is 0 Å². The van der Waals surface area contributed by atoms with Gasteiger partial charge in [0, 0.05) is 0 Å². The molecule has 0 rings (SSSR count). The Morgan fingerprint density at radius 2 is 1.50 bits per heavy atom. The van der Waals surface area contributed by atoms with Crippen LogP contribution in [0.4, 0.5) is 0 Å². The molecule has 112 valence electrons. The van der Waals surface area contributed by atoms with E-state index in [1.54, 1.807) is 0 Å². The predicted molar refractivity (Wildman–Crippen MR) is 80.5 cm³/mol. The molecule has 0 saturated carbocycles. The molecule has 0 aliphatic rings. The Morgan fingerprint density at radius 1 is 1.11 bits per heavy atom. The topological polar surface area (TPSA) is 37.3 Å². The largest absolute Gasteiger partial charge is 0.388 e. The Hall–Kier alpha value is 0.130. The first-order valence-corrected chi connectivity index (χ1v) is 6.27. The first-order valence-electron chi connectivity index (χ1n) is 5.74. The second-order valence-corrected chi connectivity index (χ2v) is 6.71. The van der Waals surface area contributed by atoms with Gasteiger partial charge in [-0.15, -0.1) is 24.0 Å². The Kier molecular flexibility index (Phi) is 12.9. The highest BCUT2D eigenvalue weighted by Crippen LogP contribution is 1.92. The Balaban J connectivity index is -0.000000238. The summed E-state index contributed by atoms with van der Waals surface area (Å²) in [5.41, 5.74) is 0. The molecule has 0 aliphatic heterocycles. The molecule has 0 saturated heterocycles. The number of carbonyl (C=O) groups is 1. The zero-order valence-electron chi connectivity index (χ0n) is 12.7. The minimum Gasteiger partial charge on any atom is -0.388 e. The number of carbonyl (C=O) groups excluding carboxylic acids is 1. The van der Waals surface area contributed by atoms with Gasteiger partial charge in [-0.25, -0.2) is 0 Å². The molecule has 0 aromatic carbocycles. The fraction of sp³-hybridized carbons (Fsp3) is 0.917. The number of likely N-dealkylation sites (N-methyl/N-ethyl adjacent to an activating group) is 2. The molecule has 4 nitrogen and oxygen atoms in total. The van der Waals surface area contributed by atoms with Crippen LogP contribution in [0, 0.1) is 0 Å². The number of nitrogens with zero attached hydrogens (tertiary/aromatic N) is 2. The quantitative estimate of drug-likeness (QED) is 0.608. The third kappa shape index (κ3) is 25.1. The van der Waals surface area contributed by atoms with E-state index in [-0.39, 0.29) is 30.2 Å². The van der Waals surface area contributed by atoms with Crippen LogP contribution >= 0.6 is 24.0 Å². The van der Waals surface area contributed by atoms with Crippen molar-refractivity contribution in [2.24, 2.45) is 0 Å². The number of Topliss-reactive ketones (excluding diaryl/α,β-unsaturated/α-hetero) is 1. The molecule has 0 unspecified atom stereocenters. The normalized spacial score (nSPS) is 12.9. The van der Waals surface area contributed by atoms with Crippen LogP contribution < -0.4 is 0 Å². The van der Waals surface area contributed by atoms with E-state index in [0.717, 1.165) is 11.0 Å². The van der Waals surface area contributed by atoms with Crippen molar-refractivity contribution in [3.05, 3.63) is 0 Å². The van der Waals surface area contributed by atoms with E-state index in [4.69, 9.17) is 16.7 Å². The van der Waals surface area contributed by atoms with Crippen LogP contribution in [-0.2, 0) is 4.79 Å². The molecule has 0 bridgehead atoms. The van der Waals surface area contributed by atoms with Gasteiger partial charge in [-0.3, -0.25) is 4.79 Å². The lowest BCUT2D eigenvalue weighted by atomic mass is 10.3. The van der Waals surface area contributed by atoms with Gasteiger partial charge in [-0.1, -0.05) is 0 Å². The van der Waals surface area contributed by atoms with Crippen LogP contribution in [0.5, 0.6) is 0 Å². The van der Waals surface area contributed by atoms with Crippen molar-refractivity contribution < 1.29 is 18.9 Å². The summed E-state index contributed by atoms with van der Waals surface area (Å²) in [4.78, 5) is 10.7. The molecule has 0 heterocycles. The van der Waals surface area contributed by atoms with Crippen molar-refractivity contribution in [2.75, 3.05) is 61.3 Å². The van der Waals surface area contributed by atoms with Gasteiger partial charge in [0.05, 0.1) is 48.2 Å². The van der Waals surface area contributed by atoms with Gasteiger partial charge in [0.15, 0.2) is 0 Å². The minimum absolute atomic E-state index is 0. The molecule has 0 amide bonds. The smallest absolute Gasteiger partial charge is 0.201 e. The van der Waals surface area contributed by atoms with E-state index in [0.29, 0.717) is 11.0 Å². The summed E-state index contributed by atoms with van der Waals surface area (Å²) in [6.07, 6.45) is -0.185. The maximum absolute atomic E-state index is 10.7. The third-order valence-electron chi connectivity index (χ3n) is 1.61. The number of quaternary nitrogens is 2. The van der Waals surface area contributed by atoms with Crippen LogP contribution in [0.25, 0.3) is 0 Å². The summed E-state index contributed by atoms with van der Waals surface area (Å²) in [7, 11) is 12.1. The number of rotatable bonds is 5. The summed E-state index contributed by atoms with van der Waals surface area (Å²) >= 11 is 5.30. The van der Waals surface area contributed by atoms with Gasteiger partial charge >= 0.3 is 0 Å². The van der Waals surface area contributed by atoms with Crippen molar-refractivity contribution in [1.82, 2.24) is 0 Å². The maximum atomic E-state index is 10.7. The lowest BCUT2D eigenvalue weighted by Gasteiger charge is -2.24. The van der Waals surface area contributed by atoms with Gasteiger partial charge in [-0.2, -0.15) is 0 Å². The molecule has 0 aliphatic carbocycles. The molecule has 0 aromatic heterocycles. The van der Waals surface area contributed by atoms with E-state index in [1.165, 1.54) is 0 Å². The zero-order chi connectivity index (χ0) is 14.3. The Bertz CT molecular complexity index is 221. The number of aliphatic hydroxyl groups is 1. The third-order valence-corrected chi connectivity index (χ3v) is 1.91. The zero-order valence-corrected chi connectivity index (χ0v) is 14.3. The van der Waals surface area contributed by atoms with Gasteiger partial charge in [0.25, 0.3) is 0 Å². The highest BCUT2D eigenvalue weighted by molar-refractivity contribution is 6.27. The molecular formula is C12H30Cl2N2O2+2. The van der Waals surface area contributed by atoms with E-state index >= 15 is 0 Å². The maximum Gasteiger partial charge on any atom is 0.201 e. The highest BCUT2D eigenvalue weighted by Gasteiger charge is 2.12. The standard InChI is InChI=1S/C6H13ClNO.C6H16NO.ClH/c1-8(2,3)5-6(9)4-7;1-6(8)5-7(2,3)4;/h4-5H2,1-3H3;6,8H,5H2,1-4H3;1H/q2*+1;/t;6-;/m.0./s1. The highest BCUT2D eigenvalue weighted by atomic mass is 35.5. The fourth-order valence-corrected chi connectivity index (χ4v) is 1.45. The van der Waals surface area contributed by atoms with Crippen molar-refractivity contribution in [3.8, 4) is 0 Å². The summed E-state index contributed by atoms with van der Waals surface area (Å²) in [5.74, 6) is 0.236. The molecule has 0 aromatic rings. The average Bonchev–Trinajstić information content (AvgIpc) is 1.96. The average molecular weight is 305 g/mol. The molecular weight excluding hydrogens is 275 g/mol. The molecule has 0 radical (unpaired) electrons. The number of aliphatic hydroxyl groups excluding tert-OH is 1. The minimum atomic E-state index is -0.185. The summed E-state index contributed by atoms with van der Waals surface area (Å²) < 4.78 is 1.49. The molecule has 1 N–H and O–H groups in total. The number of hydrogen-bond acceptors (Lipinski definition) is 2. The molecule has 0 fully saturated rings. The van der Waals surface area contributed by atoms with E-state index in [1.807, 2.05) is 28.1 Å². The number of ketones is 1. The van der Waals surface area contributed by atoms with Crippen molar-refractivity contribution in [2.45, 2.75) is 13.0 Å². The molecule has 0 spiro atoms. The van der Waals surface area contributed by atoms with Crippen LogP contribution in [0.3, 0.4) is 0 Å². The lowest BCUT2D eigenvalue weighted by Crippen LogP contribution is -2.40. The fourth-order valence-electron chi connectivity index (χ4n) is 1.36. The Morgan fingerprint density at radius 3 is 1.56 bits per heavy atom. The van der Waals surface area contributed by atoms with Crippen LogP contribution in [0.1, 0.15) is 6.92 Å². The van der Waals surface area contributed by atoms with Gasteiger partial charge in [0.2, 0.25) is 5.78 Å². The predicted octanol–water partition coefficient (Wildman–Crippen LogP) is 0.996. The second-order valence-electron chi connectivity index (χ2n) is 6.44. The Labute approximate surface area is 123 Å². The lowest BCUT2D eigenvalue weighted by molar-refractivity contribution is -0.873. The van der Waals surface area contributed by atoms with Crippen LogP contribution in [0.15, 0.2) is 0 Å². The van der Waals surface area contributed by atoms with Crippen LogP contribution in [-0.4, -0.2) is 87.2 Å². The molecule has 18 heavy (non-hydrogen) atoms. The second kappa shape index (κ2) is 9.98. The van der Waals surface area contributed by atoms with E-state index in [2.05, 4.69) is 21.1 Å². The number of alkyl halides is 1. The van der Waals surface area contributed by atoms with Gasteiger partial charge in [-0.05, 0) is 6.92 Å². The van der Waals surface area contributed by atoms with Crippen molar-refractivity contribution in [3.63, 3.8) is 0 Å². The number of hydrogen-bond donors (Lipinski definition) is 1. The molecule has 1 atom stereocenters. The first-order chi connectivity index (χ1) is 7.37.